The van der Waals surface area contributed by atoms with E-state index in [4.69, 9.17) is 10.4 Å². The number of aliphatic hydroxyl groups is 1. The van der Waals surface area contributed by atoms with Gasteiger partial charge >= 0.3 is 0 Å². The average molecular weight is 264 g/mol. The molecule has 1 rings (SSSR count). The van der Waals surface area contributed by atoms with Crippen LogP contribution in [0, 0.1) is 22.6 Å². The highest BCUT2D eigenvalue weighted by Crippen LogP contribution is 2.22. The molecule has 0 amide bonds. The first-order chi connectivity index (χ1) is 8.88. The number of benzene rings is 1. The first-order valence-electron chi connectivity index (χ1n) is 6.41. The average Bonchev–Trinajstić information content (AvgIpc) is 2.34. The Labute approximate surface area is 114 Å². The highest BCUT2D eigenvalue weighted by Gasteiger charge is 2.23. The molecule has 0 bridgehead atoms. The molecule has 0 aliphatic rings. The molecule has 3 nitrogen and oxygen atoms in total. The number of halogens is 1. The standard InChI is InChI=1S/C15H21FN2O/c1-15(2,3)14(6-7-19)18-10-12-5-4-11(9-17)8-13(12)16/h4-5,8,14,18-19H,6-7,10H2,1-3H3. The van der Waals surface area contributed by atoms with Crippen LogP contribution in [0.2, 0.25) is 0 Å². The Kier molecular flexibility index (Phi) is 5.46. The molecule has 0 heterocycles. The van der Waals surface area contributed by atoms with Gasteiger partial charge in [0.15, 0.2) is 0 Å². The molecule has 1 atom stereocenters. The molecule has 1 aromatic rings. The van der Waals surface area contributed by atoms with Crippen LogP contribution in [0.5, 0.6) is 0 Å². The van der Waals surface area contributed by atoms with Crippen LogP contribution in [0.25, 0.3) is 0 Å². The van der Waals surface area contributed by atoms with Gasteiger partial charge in [-0.1, -0.05) is 26.8 Å². The van der Waals surface area contributed by atoms with Crippen LogP contribution in [-0.2, 0) is 6.54 Å². The van der Waals surface area contributed by atoms with E-state index < -0.39 is 0 Å². The minimum Gasteiger partial charge on any atom is -0.396 e. The summed E-state index contributed by atoms with van der Waals surface area (Å²) in [5.41, 5.74) is 0.849. The number of aliphatic hydroxyl groups excluding tert-OH is 1. The Morgan fingerprint density at radius 2 is 2.11 bits per heavy atom. The highest BCUT2D eigenvalue weighted by molar-refractivity contribution is 5.32. The van der Waals surface area contributed by atoms with Gasteiger partial charge in [0.1, 0.15) is 5.82 Å². The van der Waals surface area contributed by atoms with Crippen LogP contribution in [0.15, 0.2) is 18.2 Å². The molecule has 1 unspecified atom stereocenters. The van der Waals surface area contributed by atoms with Crippen LogP contribution in [0.3, 0.4) is 0 Å². The lowest BCUT2D eigenvalue weighted by Gasteiger charge is -2.31. The fraction of sp³-hybridized carbons (Fsp3) is 0.533. The van der Waals surface area contributed by atoms with Crippen molar-refractivity contribution in [2.24, 2.45) is 5.41 Å². The zero-order chi connectivity index (χ0) is 14.5. The van der Waals surface area contributed by atoms with Crippen LogP contribution in [0.4, 0.5) is 4.39 Å². The molecule has 0 aliphatic heterocycles. The van der Waals surface area contributed by atoms with E-state index in [0.717, 1.165) is 0 Å². The van der Waals surface area contributed by atoms with Crippen LogP contribution in [-0.4, -0.2) is 17.8 Å². The number of hydrogen-bond donors (Lipinski definition) is 2. The lowest BCUT2D eigenvalue weighted by Crippen LogP contribution is -2.40. The molecule has 0 spiro atoms. The van der Waals surface area contributed by atoms with E-state index in [1.165, 1.54) is 6.07 Å². The van der Waals surface area contributed by atoms with E-state index >= 15 is 0 Å². The maximum Gasteiger partial charge on any atom is 0.129 e. The quantitative estimate of drug-likeness (QED) is 0.859. The molecule has 0 saturated carbocycles. The van der Waals surface area contributed by atoms with E-state index in [2.05, 4.69) is 26.1 Å². The Hall–Kier alpha value is -1.44. The summed E-state index contributed by atoms with van der Waals surface area (Å²) in [6.07, 6.45) is 0.626. The van der Waals surface area contributed by atoms with Crippen molar-refractivity contribution >= 4 is 0 Å². The summed E-state index contributed by atoms with van der Waals surface area (Å²) in [5.74, 6) is -0.372. The monoisotopic (exact) mass is 264 g/mol. The predicted octanol–water partition coefficient (Wildman–Crippen LogP) is 2.58. The second-order valence-electron chi connectivity index (χ2n) is 5.73. The highest BCUT2D eigenvalue weighted by atomic mass is 19.1. The first-order valence-corrected chi connectivity index (χ1v) is 6.41. The second kappa shape index (κ2) is 6.65. The van der Waals surface area contributed by atoms with Crippen molar-refractivity contribution in [2.75, 3.05) is 6.61 Å². The number of rotatable bonds is 5. The van der Waals surface area contributed by atoms with Gasteiger partial charge < -0.3 is 10.4 Å². The van der Waals surface area contributed by atoms with E-state index in [-0.39, 0.29) is 23.9 Å². The molecule has 0 aromatic heterocycles. The fourth-order valence-electron chi connectivity index (χ4n) is 1.96. The van der Waals surface area contributed by atoms with E-state index in [9.17, 15) is 4.39 Å². The van der Waals surface area contributed by atoms with Crippen molar-refractivity contribution in [3.8, 4) is 6.07 Å². The van der Waals surface area contributed by atoms with Gasteiger partial charge in [-0.05, 0) is 24.0 Å². The zero-order valence-electron chi connectivity index (χ0n) is 11.7. The van der Waals surface area contributed by atoms with Gasteiger partial charge in [0, 0.05) is 24.8 Å². The van der Waals surface area contributed by atoms with Crippen molar-refractivity contribution in [1.82, 2.24) is 5.32 Å². The van der Waals surface area contributed by atoms with Crippen molar-refractivity contribution in [2.45, 2.75) is 39.8 Å². The molecule has 0 aliphatic carbocycles. The summed E-state index contributed by atoms with van der Waals surface area (Å²) in [6, 6.07) is 6.49. The maximum absolute atomic E-state index is 13.7. The van der Waals surface area contributed by atoms with Gasteiger partial charge in [-0.2, -0.15) is 5.26 Å². The summed E-state index contributed by atoms with van der Waals surface area (Å²) >= 11 is 0. The summed E-state index contributed by atoms with van der Waals surface area (Å²) in [4.78, 5) is 0. The third-order valence-corrected chi connectivity index (χ3v) is 3.18. The Balaban J connectivity index is 2.72. The number of hydrogen-bond acceptors (Lipinski definition) is 3. The minimum atomic E-state index is -0.372. The molecule has 0 radical (unpaired) electrons. The molecule has 1 aromatic carbocycles. The third-order valence-electron chi connectivity index (χ3n) is 3.18. The van der Waals surface area contributed by atoms with Crippen molar-refractivity contribution in [1.29, 1.82) is 5.26 Å². The van der Waals surface area contributed by atoms with Crippen molar-refractivity contribution < 1.29 is 9.50 Å². The van der Waals surface area contributed by atoms with Gasteiger partial charge in [0.25, 0.3) is 0 Å². The van der Waals surface area contributed by atoms with E-state index in [1.54, 1.807) is 12.1 Å². The molecule has 0 fully saturated rings. The molecule has 104 valence electrons. The summed E-state index contributed by atoms with van der Waals surface area (Å²) in [5, 5.41) is 21.0. The summed E-state index contributed by atoms with van der Waals surface area (Å²) in [6.45, 7) is 6.73. The lowest BCUT2D eigenvalue weighted by molar-refractivity contribution is 0.196. The first kappa shape index (κ1) is 15.6. The zero-order valence-corrected chi connectivity index (χ0v) is 11.7. The van der Waals surface area contributed by atoms with E-state index in [0.29, 0.717) is 24.1 Å². The molecule has 0 saturated heterocycles. The molecule has 4 heteroatoms. The Morgan fingerprint density at radius 1 is 1.42 bits per heavy atom. The second-order valence-corrected chi connectivity index (χ2v) is 5.73. The largest absolute Gasteiger partial charge is 0.396 e. The van der Waals surface area contributed by atoms with Gasteiger partial charge in [0.05, 0.1) is 11.6 Å². The van der Waals surface area contributed by atoms with Crippen LogP contribution >= 0.6 is 0 Å². The van der Waals surface area contributed by atoms with Crippen molar-refractivity contribution in [3.63, 3.8) is 0 Å². The Morgan fingerprint density at radius 3 is 2.58 bits per heavy atom. The van der Waals surface area contributed by atoms with Gasteiger partial charge in [0.2, 0.25) is 0 Å². The van der Waals surface area contributed by atoms with Gasteiger partial charge in [-0.15, -0.1) is 0 Å². The minimum absolute atomic E-state index is 0.00813. The topological polar surface area (TPSA) is 56.0 Å². The summed E-state index contributed by atoms with van der Waals surface area (Å²) < 4.78 is 13.7. The fourth-order valence-corrected chi connectivity index (χ4v) is 1.96. The van der Waals surface area contributed by atoms with Gasteiger partial charge in [-0.3, -0.25) is 0 Å². The smallest absolute Gasteiger partial charge is 0.129 e. The third kappa shape index (κ3) is 4.62. The van der Waals surface area contributed by atoms with Crippen LogP contribution in [0.1, 0.15) is 38.3 Å². The SMILES string of the molecule is CC(C)(C)C(CCO)NCc1ccc(C#N)cc1F. The van der Waals surface area contributed by atoms with Crippen molar-refractivity contribution in [3.05, 3.63) is 35.1 Å². The molecule has 19 heavy (non-hydrogen) atoms. The maximum atomic E-state index is 13.7. The molecular weight excluding hydrogens is 243 g/mol. The van der Waals surface area contributed by atoms with Crippen LogP contribution < -0.4 is 5.32 Å². The molecule has 2 N–H and O–H groups in total. The predicted molar refractivity (Wildman–Crippen MR) is 72.9 cm³/mol. The number of nitrogens with zero attached hydrogens (tertiary/aromatic N) is 1. The van der Waals surface area contributed by atoms with E-state index in [1.807, 2.05) is 6.07 Å². The Bertz CT molecular complexity index is 460. The number of nitrogens with one attached hydrogen (secondary N) is 1. The van der Waals surface area contributed by atoms with Gasteiger partial charge in [-0.25, -0.2) is 4.39 Å². The molecular formula is C15H21FN2O. The normalized spacial score (nSPS) is 13.1. The number of nitriles is 1. The summed E-state index contributed by atoms with van der Waals surface area (Å²) in [7, 11) is 0. The lowest BCUT2D eigenvalue weighted by atomic mass is 9.85.